The van der Waals surface area contributed by atoms with Crippen LogP contribution in [0.5, 0.6) is 0 Å². The number of fused-ring (bicyclic) bond motifs is 1. The second-order valence-corrected chi connectivity index (χ2v) is 9.45. The largest absolute Gasteiger partial charge is 0.330 e. The Morgan fingerprint density at radius 1 is 1.24 bits per heavy atom. The summed E-state index contributed by atoms with van der Waals surface area (Å²) in [6.07, 6.45) is 4.15. The van der Waals surface area contributed by atoms with Crippen LogP contribution in [0, 0.1) is 19.7 Å². The minimum Gasteiger partial charge on any atom is -0.330 e. The number of amides is 1. The van der Waals surface area contributed by atoms with Gasteiger partial charge in [-0.3, -0.25) is 4.79 Å². The average Bonchev–Trinajstić information content (AvgIpc) is 3.59. The fraction of sp³-hybridized carbons (Fsp3) is 0.409. The van der Waals surface area contributed by atoms with E-state index in [1.165, 1.54) is 17.4 Å². The molecule has 0 atom stereocenters. The number of benzene rings is 1. The third-order valence-electron chi connectivity index (χ3n) is 5.76. The second-order valence-electron chi connectivity index (χ2n) is 8.04. The Labute approximate surface area is 177 Å². The zero-order valence-electron chi connectivity index (χ0n) is 16.3. The molecule has 0 aliphatic heterocycles. The van der Waals surface area contributed by atoms with Crippen LogP contribution in [-0.2, 0) is 6.54 Å². The number of hydrogen-bond donors (Lipinski definition) is 0. The van der Waals surface area contributed by atoms with Gasteiger partial charge in [0, 0.05) is 27.9 Å². The summed E-state index contributed by atoms with van der Waals surface area (Å²) in [7, 11) is 0. The molecule has 1 aromatic carbocycles. The molecule has 2 aliphatic carbocycles. The molecule has 2 aliphatic rings. The van der Waals surface area contributed by atoms with Gasteiger partial charge in [0.1, 0.15) is 16.5 Å². The van der Waals surface area contributed by atoms with Gasteiger partial charge in [0.25, 0.3) is 5.91 Å². The van der Waals surface area contributed by atoms with Gasteiger partial charge in [-0.25, -0.2) is 14.4 Å². The predicted molar refractivity (Wildman–Crippen MR) is 113 cm³/mol. The summed E-state index contributed by atoms with van der Waals surface area (Å²) in [6.45, 7) is 4.13. The molecule has 0 bridgehead atoms. The van der Waals surface area contributed by atoms with Crippen molar-refractivity contribution in [2.45, 2.75) is 58.0 Å². The average molecular weight is 430 g/mol. The summed E-state index contributed by atoms with van der Waals surface area (Å²) in [5.41, 5.74) is 2.22. The van der Waals surface area contributed by atoms with Crippen molar-refractivity contribution in [3.8, 4) is 0 Å². The van der Waals surface area contributed by atoms with Crippen LogP contribution >= 0.6 is 22.9 Å². The van der Waals surface area contributed by atoms with E-state index >= 15 is 0 Å². The Bertz CT molecular complexity index is 1120. The second kappa shape index (κ2) is 7.03. The quantitative estimate of drug-likeness (QED) is 0.516. The van der Waals surface area contributed by atoms with Gasteiger partial charge in [-0.2, -0.15) is 0 Å². The van der Waals surface area contributed by atoms with Gasteiger partial charge in [-0.05, 0) is 57.2 Å². The Balaban J connectivity index is 1.53. The van der Waals surface area contributed by atoms with Crippen LogP contribution in [0.2, 0.25) is 5.02 Å². The number of halogens is 2. The van der Waals surface area contributed by atoms with Crippen LogP contribution in [0.3, 0.4) is 0 Å². The molecule has 0 spiro atoms. The molecule has 5 rings (SSSR count). The topological polar surface area (TPSA) is 46.1 Å². The van der Waals surface area contributed by atoms with Crippen LogP contribution in [0.4, 0.5) is 4.39 Å². The van der Waals surface area contributed by atoms with Crippen molar-refractivity contribution in [2.24, 2.45) is 0 Å². The van der Waals surface area contributed by atoms with Gasteiger partial charge in [0.2, 0.25) is 0 Å². The van der Waals surface area contributed by atoms with Gasteiger partial charge in [0.05, 0.1) is 17.1 Å². The number of aromatic nitrogens is 2. The molecule has 0 N–H and O–H groups in total. The molecule has 3 aromatic rings. The van der Waals surface area contributed by atoms with Crippen molar-refractivity contribution in [3.63, 3.8) is 0 Å². The lowest BCUT2D eigenvalue weighted by atomic mass is 10.1. The molecule has 2 fully saturated rings. The minimum absolute atomic E-state index is 0.0697. The molecule has 150 valence electrons. The van der Waals surface area contributed by atoms with Gasteiger partial charge >= 0.3 is 0 Å². The number of nitrogens with zero attached hydrogens (tertiary/aromatic N) is 3. The van der Waals surface area contributed by atoms with E-state index in [-0.39, 0.29) is 24.3 Å². The standard InChI is InChI=1S/C22H21ClFN3OS/c1-11-18-12(2)25-20(13-6-7-13)26-21(18)29-19(11)22(28)27(14-8-9-14)10-15-16(23)4-3-5-17(15)24/h3-5,13-14H,6-10H2,1-2H3. The van der Waals surface area contributed by atoms with E-state index in [0.29, 0.717) is 21.4 Å². The molecular weight excluding hydrogens is 409 g/mol. The maximum absolute atomic E-state index is 14.3. The van der Waals surface area contributed by atoms with Crippen LogP contribution in [0.1, 0.15) is 63.9 Å². The molecule has 2 aromatic heterocycles. The highest BCUT2D eigenvalue weighted by Crippen LogP contribution is 2.41. The molecule has 7 heteroatoms. The zero-order valence-corrected chi connectivity index (χ0v) is 17.9. The predicted octanol–water partition coefficient (Wildman–Crippen LogP) is 5.78. The molecule has 0 radical (unpaired) electrons. The first-order chi connectivity index (χ1) is 13.9. The van der Waals surface area contributed by atoms with Crippen LogP contribution < -0.4 is 0 Å². The molecule has 0 unspecified atom stereocenters. The summed E-state index contributed by atoms with van der Waals surface area (Å²) in [5.74, 6) is 0.915. The number of carbonyl (C=O) groups is 1. The smallest absolute Gasteiger partial charge is 0.264 e. The zero-order chi connectivity index (χ0) is 20.3. The lowest BCUT2D eigenvalue weighted by molar-refractivity contribution is 0.0733. The minimum atomic E-state index is -0.375. The number of thiophene rings is 1. The molecule has 2 heterocycles. The maximum atomic E-state index is 14.3. The summed E-state index contributed by atoms with van der Waals surface area (Å²) in [5, 5.41) is 1.33. The first-order valence-corrected chi connectivity index (χ1v) is 11.1. The third kappa shape index (κ3) is 3.42. The Hall–Kier alpha value is -2.05. The van der Waals surface area contributed by atoms with E-state index in [2.05, 4.69) is 4.98 Å². The van der Waals surface area contributed by atoms with Gasteiger partial charge in [-0.15, -0.1) is 11.3 Å². The molecule has 0 saturated heterocycles. The fourth-order valence-corrected chi connectivity index (χ4v) is 5.24. The van der Waals surface area contributed by atoms with E-state index in [9.17, 15) is 9.18 Å². The number of rotatable bonds is 5. The third-order valence-corrected chi connectivity index (χ3v) is 7.29. The van der Waals surface area contributed by atoms with Gasteiger partial charge in [0.15, 0.2) is 0 Å². The van der Waals surface area contributed by atoms with Crippen molar-refractivity contribution in [2.75, 3.05) is 0 Å². The number of carbonyl (C=O) groups excluding carboxylic acids is 1. The molecule has 29 heavy (non-hydrogen) atoms. The van der Waals surface area contributed by atoms with Crippen LogP contribution in [-0.4, -0.2) is 26.8 Å². The van der Waals surface area contributed by atoms with E-state index in [4.69, 9.17) is 16.6 Å². The Morgan fingerprint density at radius 2 is 2.00 bits per heavy atom. The fourth-order valence-electron chi connectivity index (χ4n) is 3.83. The van der Waals surface area contributed by atoms with Crippen molar-refractivity contribution >= 4 is 39.1 Å². The van der Waals surface area contributed by atoms with Gasteiger partial charge < -0.3 is 4.90 Å². The van der Waals surface area contributed by atoms with Gasteiger partial charge in [-0.1, -0.05) is 17.7 Å². The number of hydrogen-bond acceptors (Lipinski definition) is 4. The Morgan fingerprint density at radius 3 is 2.66 bits per heavy atom. The lowest BCUT2D eigenvalue weighted by Gasteiger charge is -2.23. The lowest BCUT2D eigenvalue weighted by Crippen LogP contribution is -2.33. The number of aryl methyl sites for hydroxylation is 2. The summed E-state index contributed by atoms with van der Waals surface area (Å²) in [6, 6.07) is 4.77. The van der Waals surface area contributed by atoms with Crippen molar-refractivity contribution in [1.82, 2.24) is 14.9 Å². The Kier molecular flexibility index (Phi) is 4.59. The summed E-state index contributed by atoms with van der Waals surface area (Å²) < 4.78 is 14.3. The molecule has 2 saturated carbocycles. The SMILES string of the molecule is Cc1nc(C2CC2)nc2sc(C(=O)N(Cc3c(F)cccc3Cl)C3CC3)c(C)c12. The van der Waals surface area contributed by atoms with E-state index < -0.39 is 0 Å². The first-order valence-electron chi connectivity index (χ1n) is 9.95. The summed E-state index contributed by atoms with van der Waals surface area (Å²) >= 11 is 7.65. The van der Waals surface area contributed by atoms with Crippen molar-refractivity contribution < 1.29 is 9.18 Å². The normalized spacial score (nSPS) is 16.4. The summed E-state index contributed by atoms with van der Waals surface area (Å²) in [4.78, 5) is 26.3. The molecule has 4 nitrogen and oxygen atoms in total. The highest BCUT2D eigenvalue weighted by atomic mass is 35.5. The molecular formula is C22H21ClFN3OS. The van der Waals surface area contributed by atoms with E-state index in [0.717, 1.165) is 53.0 Å². The maximum Gasteiger partial charge on any atom is 0.264 e. The first kappa shape index (κ1) is 18.9. The van der Waals surface area contributed by atoms with E-state index in [1.807, 2.05) is 13.8 Å². The highest BCUT2D eigenvalue weighted by Gasteiger charge is 2.36. The van der Waals surface area contributed by atoms with Crippen molar-refractivity contribution in [3.05, 3.63) is 56.6 Å². The molecule has 1 amide bonds. The van der Waals surface area contributed by atoms with E-state index in [1.54, 1.807) is 17.0 Å². The van der Waals surface area contributed by atoms with Crippen molar-refractivity contribution in [1.29, 1.82) is 0 Å². The van der Waals surface area contributed by atoms with Crippen LogP contribution in [0.25, 0.3) is 10.2 Å². The van der Waals surface area contributed by atoms with Crippen LogP contribution in [0.15, 0.2) is 18.2 Å². The highest BCUT2D eigenvalue weighted by molar-refractivity contribution is 7.20. The monoisotopic (exact) mass is 429 g/mol.